The topological polar surface area (TPSA) is 32.8 Å². The van der Waals surface area contributed by atoms with Gasteiger partial charge in [-0.2, -0.15) is 0 Å². The molecule has 4 heteroatoms. The van der Waals surface area contributed by atoms with Crippen LogP contribution in [0.5, 0.6) is 5.75 Å². The Hall–Kier alpha value is -1.55. The second-order valence-electron chi connectivity index (χ2n) is 6.09. The van der Waals surface area contributed by atoms with Crippen molar-refractivity contribution in [3.05, 3.63) is 30.3 Å². The minimum Gasteiger partial charge on any atom is -0.481 e. The summed E-state index contributed by atoms with van der Waals surface area (Å²) in [6.07, 6.45) is -0.427. The molecule has 1 aliphatic heterocycles. The molecule has 1 amide bonds. The van der Waals surface area contributed by atoms with Crippen molar-refractivity contribution in [1.29, 1.82) is 0 Å². The van der Waals surface area contributed by atoms with Gasteiger partial charge in [-0.3, -0.25) is 9.69 Å². The van der Waals surface area contributed by atoms with Crippen molar-refractivity contribution in [1.82, 2.24) is 9.80 Å². The molecule has 1 aromatic rings. The fourth-order valence-corrected chi connectivity index (χ4v) is 2.68. The molecule has 1 heterocycles. The number of para-hydroxylation sites is 1. The lowest BCUT2D eigenvalue weighted by Crippen LogP contribution is -2.52. The fraction of sp³-hybridized carbons (Fsp3) is 0.588. The highest BCUT2D eigenvalue weighted by Gasteiger charge is 2.26. The molecule has 0 aromatic heterocycles. The summed E-state index contributed by atoms with van der Waals surface area (Å²) >= 11 is 0. The molecule has 1 atom stereocenters. The first-order chi connectivity index (χ1) is 10.1. The van der Waals surface area contributed by atoms with E-state index in [2.05, 4.69) is 18.7 Å². The predicted octanol–water partition coefficient (Wildman–Crippen LogP) is 2.25. The van der Waals surface area contributed by atoms with Crippen molar-refractivity contribution in [3.63, 3.8) is 0 Å². The van der Waals surface area contributed by atoms with E-state index in [1.54, 1.807) is 0 Å². The Morgan fingerprint density at radius 1 is 1.10 bits per heavy atom. The lowest BCUT2D eigenvalue weighted by Gasteiger charge is -2.36. The summed E-state index contributed by atoms with van der Waals surface area (Å²) in [5.41, 5.74) is 0. The summed E-state index contributed by atoms with van der Waals surface area (Å²) in [4.78, 5) is 16.8. The standard InChI is InChI=1S/C17H26N2O2/c1-14(2)13-18-9-11-19(12-10-18)17(20)15(3)21-16-7-5-4-6-8-16/h4-8,14-15H,9-13H2,1-3H3. The minimum atomic E-state index is -0.427. The molecule has 0 N–H and O–H groups in total. The van der Waals surface area contributed by atoms with Crippen LogP contribution in [0, 0.1) is 5.92 Å². The van der Waals surface area contributed by atoms with E-state index in [0.717, 1.165) is 38.5 Å². The third-order valence-electron chi connectivity index (χ3n) is 3.71. The summed E-state index contributed by atoms with van der Waals surface area (Å²) in [5.74, 6) is 1.51. The second kappa shape index (κ2) is 7.46. The van der Waals surface area contributed by atoms with Crippen LogP contribution in [0.3, 0.4) is 0 Å². The molecule has 1 aliphatic rings. The van der Waals surface area contributed by atoms with Gasteiger partial charge in [-0.1, -0.05) is 32.0 Å². The molecule has 0 radical (unpaired) electrons. The Bertz CT molecular complexity index is 439. The van der Waals surface area contributed by atoms with E-state index in [1.165, 1.54) is 0 Å². The summed E-state index contributed by atoms with van der Waals surface area (Å²) in [7, 11) is 0. The first-order valence-electron chi connectivity index (χ1n) is 7.79. The average Bonchev–Trinajstić information content (AvgIpc) is 2.47. The number of amides is 1. The summed E-state index contributed by atoms with van der Waals surface area (Å²) in [5, 5.41) is 0. The summed E-state index contributed by atoms with van der Waals surface area (Å²) < 4.78 is 5.72. The van der Waals surface area contributed by atoms with Crippen LogP contribution in [0.4, 0.5) is 0 Å². The average molecular weight is 290 g/mol. The molecule has 1 unspecified atom stereocenters. The highest BCUT2D eigenvalue weighted by Crippen LogP contribution is 2.13. The Labute approximate surface area is 127 Å². The zero-order valence-electron chi connectivity index (χ0n) is 13.3. The Balaban J connectivity index is 1.81. The molecule has 1 saturated heterocycles. The normalized spacial score (nSPS) is 17.8. The molecule has 116 valence electrons. The molecular formula is C17H26N2O2. The van der Waals surface area contributed by atoms with Gasteiger partial charge >= 0.3 is 0 Å². The van der Waals surface area contributed by atoms with Gasteiger partial charge in [0.15, 0.2) is 6.10 Å². The minimum absolute atomic E-state index is 0.0862. The van der Waals surface area contributed by atoms with Crippen LogP contribution in [-0.4, -0.2) is 54.5 Å². The number of hydrogen-bond donors (Lipinski definition) is 0. The zero-order valence-corrected chi connectivity index (χ0v) is 13.3. The number of ether oxygens (including phenoxy) is 1. The quantitative estimate of drug-likeness (QED) is 0.834. The van der Waals surface area contributed by atoms with Crippen LogP contribution >= 0.6 is 0 Å². The van der Waals surface area contributed by atoms with Crippen LogP contribution in [0.25, 0.3) is 0 Å². The van der Waals surface area contributed by atoms with Gasteiger partial charge in [-0.05, 0) is 25.0 Å². The number of hydrogen-bond acceptors (Lipinski definition) is 3. The number of carbonyl (C=O) groups excluding carboxylic acids is 1. The van der Waals surface area contributed by atoms with E-state index in [4.69, 9.17) is 4.74 Å². The van der Waals surface area contributed by atoms with Gasteiger partial charge in [0.25, 0.3) is 5.91 Å². The number of carbonyl (C=O) groups is 1. The molecule has 21 heavy (non-hydrogen) atoms. The van der Waals surface area contributed by atoms with Crippen molar-refractivity contribution in [2.75, 3.05) is 32.7 Å². The maximum absolute atomic E-state index is 12.4. The number of piperazine rings is 1. The molecule has 2 rings (SSSR count). The number of rotatable bonds is 5. The van der Waals surface area contributed by atoms with Crippen molar-refractivity contribution >= 4 is 5.91 Å². The maximum Gasteiger partial charge on any atom is 0.263 e. The highest BCUT2D eigenvalue weighted by molar-refractivity contribution is 5.81. The van der Waals surface area contributed by atoms with E-state index in [-0.39, 0.29) is 5.91 Å². The van der Waals surface area contributed by atoms with Gasteiger partial charge in [-0.25, -0.2) is 0 Å². The molecule has 0 aliphatic carbocycles. The Morgan fingerprint density at radius 3 is 2.29 bits per heavy atom. The van der Waals surface area contributed by atoms with E-state index in [9.17, 15) is 4.79 Å². The van der Waals surface area contributed by atoms with E-state index in [1.807, 2.05) is 42.2 Å². The zero-order chi connectivity index (χ0) is 15.2. The van der Waals surface area contributed by atoms with Crippen LogP contribution in [0.15, 0.2) is 30.3 Å². The molecule has 0 saturated carbocycles. The number of benzene rings is 1. The van der Waals surface area contributed by atoms with Crippen molar-refractivity contribution in [2.45, 2.75) is 26.9 Å². The van der Waals surface area contributed by atoms with Gasteiger partial charge in [0.2, 0.25) is 0 Å². The van der Waals surface area contributed by atoms with Crippen LogP contribution in [0.1, 0.15) is 20.8 Å². The van der Waals surface area contributed by atoms with Gasteiger partial charge in [0.05, 0.1) is 0 Å². The van der Waals surface area contributed by atoms with Gasteiger partial charge in [0, 0.05) is 32.7 Å². The van der Waals surface area contributed by atoms with Crippen molar-refractivity contribution < 1.29 is 9.53 Å². The van der Waals surface area contributed by atoms with Crippen LogP contribution in [-0.2, 0) is 4.79 Å². The van der Waals surface area contributed by atoms with Gasteiger partial charge in [-0.15, -0.1) is 0 Å². The third-order valence-corrected chi connectivity index (χ3v) is 3.71. The van der Waals surface area contributed by atoms with E-state index >= 15 is 0 Å². The maximum atomic E-state index is 12.4. The smallest absolute Gasteiger partial charge is 0.263 e. The molecule has 0 bridgehead atoms. The van der Waals surface area contributed by atoms with Crippen molar-refractivity contribution in [3.8, 4) is 5.75 Å². The van der Waals surface area contributed by atoms with Gasteiger partial charge in [0.1, 0.15) is 5.75 Å². The molecule has 4 nitrogen and oxygen atoms in total. The first kappa shape index (κ1) is 15.8. The van der Waals surface area contributed by atoms with E-state index in [0.29, 0.717) is 5.92 Å². The summed E-state index contributed by atoms with van der Waals surface area (Å²) in [6.45, 7) is 10.9. The molecule has 1 fully saturated rings. The second-order valence-corrected chi connectivity index (χ2v) is 6.09. The van der Waals surface area contributed by atoms with Crippen LogP contribution < -0.4 is 4.74 Å². The largest absolute Gasteiger partial charge is 0.481 e. The monoisotopic (exact) mass is 290 g/mol. The van der Waals surface area contributed by atoms with E-state index < -0.39 is 6.10 Å². The lowest BCUT2D eigenvalue weighted by molar-refractivity contribution is -0.139. The van der Waals surface area contributed by atoms with Gasteiger partial charge < -0.3 is 9.64 Å². The Kier molecular flexibility index (Phi) is 5.62. The van der Waals surface area contributed by atoms with Crippen molar-refractivity contribution in [2.24, 2.45) is 5.92 Å². The predicted molar refractivity (Wildman–Crippen MR) is 84.4 cm³/mol. The molecule has 0 spiro atoms. The SMILES string of the molecule is CC(C)CN1CCN(C(=O)C(C)Oc2ccccc2)CC1. The fourth-order valence-electron chi connectivity index (χ4n) is 2.68. The highest BCUT2D eigenvalue weighted by atomic mass is 16.5. The molecular weight excluding hydrogens is 264 g/mol. The number of nitrogens with zero attached hydrogens (tertiary/aromatic N) is 2. The Morgan fingerprint density at radius 2 is 1.71 bits per heavy atom. The lowest BCUT2D eigenvalue weighted by atomic mass is 10.2. The molecule has 1 aromatic carbocycles. The summed E-state index contributed by atoms with van der Waals surface area (Å²) in [6, 6.07) is 9.52. The third kappa shape index (κ3) is 4.74. The van der Waals surface area contributed by atoms with Crippen LogP contribution in [0.2, 0.25) is 0 Å². The first-order valence-corrected chi connectivity index (χ1v) is 7.79.